The van der Waals surface area contributed by atoms with Crippen LogP contribution in [-0.2, 0) is 0 Å². The van der Waals surface area contributed by atoms with Gasteiger partial charge in [-0.15, -0.1) is 0 Å². The lowest BCUT2D eigenvalue weighted by molar-refractivity contribution is 0.256. The minimum Gasteiger partial charge on any atom is -0.493 e. The van der Waals surface area contributed by atoms with Crippen LogP contribution in [0.5, 0.6) is 11.5 Å². The van der Waals surface area contributed by atoms with Crippen molar-refractivity contribution in [3.63, 3.8) is 0 Å². The zero-order valence-corrected chi connectivity index (χ0v) is 22.2. The van der Waals surface area contributed by atoms with Gasteiger partial charge in [0.2, 0.25) is 0 Å². The number of hydrogen-bond acceptors (Lipinski definition) is 9. The molecule has 0 saturated carbocycles. The highest BCUT2D eigenvalue weighted by molar-refractivity contribution is 8.14. The van der Waals surface area contributed by atoms with Gasteiger partial charge in [-0.25, -0.2) is 14.8 Å². The Balaban J connectivity index is 1.27. The van der Waals surface area contributed by atoms with Gasteiger partial charge in [0.1, 0.15) is 12.1 Å². The molecule has 3 N–H and O–H groups in total. The maximum atomic E-state index is 12.2. The number of amides is 2. The number of urea groups is 1. The maximum Gasteiger partial charge on any atom is 0.325 e. The van der Waals surface area contributed by atoms with Gasteiger partial charge in [0.25, 0.3) is 0 Å². The first-order chi connectivity index (χ1) is 18.0. The summed E-state index contributed by atoms with van der Waals surface area (Å²) in [5.74, 6) is 2.07. The number of anilines is 2. The third-order valence-corrected chi connectivity index (χ3v) is 6.83. The molecule has 37 heavy (non-hydrogen) atoms. The Kier molecular flexibility index (Phi) is 9.39. The molecule has 0 saturated heterocycles. The second-order valence-electron chi connectivity index (χ2n) is 8.79. The Morgan fingerprint density at radius 3 is 2.76 bits per heavy atom. The number of para-hydroxylation sites is 1. The van der Waals surface area contributed by atoms with E-state index < -0.39 is 0 Å². The van der Waals surface area contributed by atoms with Crippen molar-refractivity contribution in [3.8, 4) is 11.5 Å². The van der Waals surface area contributed by atoms with Crippen LogP contribution in [0.3, 0.4) is 0 Å². The summed E-state index contributed by atoms with van der Waals surface area (Å²) in [5.41, 5.74) is 1.52. The molecule has 10 nitrogen and oxygen atoms in total. The van der Waals surface area contributed by atoms with Crippen LogP contribution in [0.1, 0.15) is 12.8 Å². The van der Waals surface area contributed by atoms with E-state index in [4.69, 9.17) is 9.47 Å². The molecule has 0 fully saturated rings. The second kappa shape index (κ2) is 13.1. The first-order valence-corrected chi connectivity index (χ1v) is 13.1. The number of nitrogens with zero attached hydrogens (tertiary/aromatic N) is 4. The maximum absolute atomic E-state index is 12.2. The quantitative estimate of drug-likeness (QED) is 0.323. The minimum atomic E-state index is -0.293. The predicted molar refractivity (Wildman–Crippen MR) is 150 cm³/mol. The van der Waals surface area contributed by atoms with Gasteiger partial charge in [0.05, 0.1) is 25.8 Å². The number of hydrogen-bond donors (Lipinski definition) is 3. The SMILES string of the molecule is COc1cc2c(NCCC3CN=C(NC(=O)Nc4ccccc4)S3)ncnc2cc1OCCCN(C)C. The van der Waals surface area contributed by atoms with Gasteiger partial charge >= 0.3 is 6.03 Å². The van der Waals surface area contributed by atoms with Crippen LogP contribution in [0.25, 0.3) is 10.9 Å². The fourth-order valence-electron chi connectivity index (χ4n) is 3.81. The van der Waals surface area contributed by atoms with Gasteiger partial charge in [-0.3, -0.25) is 10.3 Å². The number of ether oxygens (including phenoxy) is 2. The summed E-state index contributed by atoms with van der Waals surface area (Å²) in [7, 11) is 5.72. The Labute approximate surface area is 221 Å². The molecule has 1 aliphatic heterocycles. The highest BCUT2D eigenvalue weighted by atomic mass is 32.2. The third-order valence-electron chi connectivity index (χ3n) is 5.66. The highest BCUT2D eigenvalue weighted by Gasteiger charge is 2.21. The molecule has 2 aromatic carbocycles. The van der Waals surface area contributed by atoms with E-state index in [-0.39, 0.29) is 11.3 Å². The van der Waals surface area contributed by atoms with E-state index in [1.54, 1.807) is 25.2 Å². The van der Waals surface area contributed by atoms with Crippen LogP contribution in [0.2, 0.25) is 0 Å². The minimum absolute atomic E-state index is 0.268. The molecule has 0 spiro atoms. The van der Waals surface area contributed by atoms with Gasteiger partial charge in [0.15, 0.2) is 16.7 Å². The molecule has 11 heteroatoms. The Morgan fingerprint density at radius 2 is 1.97 bits per heavy atom. The van der Waals surface area contributed by atoms with Crippen LogP contribution >= 0.6 is 11.8 Å². The molecule has 196 valence electrons. The van der Waals surface area contributed by atoms with Crippen LogP contribution in [-0.4, -0.2) is 78.8 Å². The normalized spacial score (nSPS) is 14.9. The number of aromatic nitrogens is 2. The molecule has 0 bridgehead atoms. The molecule has 0 aliphatic carbocycles. The molecule has 0 radical (unpaired) electrons. The standard InChI is InChI=1S/C26H33N7O3S/c1-33(2)12-7-13-36-23-15-21-20(14-22(23)35-3)24(30-17-29-21)27-11-10-19-16-28-26(37-19)32-25(34)31-18-8-5-4-6-9-18/h4-6,8-9,14-15,17,19H,7,10-13,16H2,1-3H3,(H,27,29,30)(H2,28,31,32,34). The zero-order chi connectivity index (χ0) is 26.0. The Morgan fingerprint density at radius 1 is 1.14 bits per heavy atom. The molecule has 4 rings (SSSR count). The number of amidine groups is 1. The van der Waals surface area contributed by atoms with E-state index in [0.29, 0.717) is 36.4 Å². The third kappa shape index (κ3) is 7.70. The number of thioether (sulfide) groups is 1. The monoisotopic (exact) mass is 523 g/mol. The van der Waals surface area contributed by atoms with Crippen molar-refractivity contribution in [2.24, 2.45) is 4.99 Å². The number of methoxy groups -OCH3 is 1. The molecule has 1 unspecified atom stereocenters. The molecule has 2 amide bonds. The van der Waals surface area contributed by atoms with Gasteiger partial charge in [0, 0.05) is 35.5 Å². The summed E-state index contributed by atoms with van der Waals surface area (Å²) >= 11 is 1.57. The number of carbonyl (C=O) groups is 1. The Hall–Kier alpha value is -3.57. The first-order valence-electron chi connectivity index (χ1n) is 12.2. The lowest BCUT2D eigenvalue weighted by atomic mass is 10.2. The Bertz CT molecular complexity index is 1220. The topological polar surface area (TPSA) is 113 Å². The summed E-state index contributed by atoms with van der Waals surface area (Å²) in [6.45, 7) is 2.91. The van der Waals surface area contributed by atoms with Crippen molar-refractivity contribution in [2.75, 3.05) is 58.1 Å². The average Bonchev–Trinajstić information content (AvgIpc) is 3.33. The smallest absolute Gasteiger partial charge is 0.325 e. The van der Waals surface area contributed by atoms with E-state index in [9.17, 15) is 4.79 Å². The van der Waals surface area contributed by atoms with E-state index >= 15 is 0 Å². The second-order valence-corrected chi connectivity index (χ2v) is 10.1. The number of nitrogens with one attached hydrogen (secondary N) is 3. The van der Waals surface area contributed by atoms with Crippen molar-refractivity contribution in [2.45, 2.75) is 18.1 Å². The lowest BCUT2D eigenvalue weighted by Crippen LogP contribution is -2.32. The lowest BCUT2D eigenvalue weighted by Gasteiger charge is -2.15. The summed E-state index contributed by atoms with van der Waals surface area (Å²) in [6, 6.07) is 12.8. The van der Waals surface area contributed by atoms with Gasteiger partial charge in [-0.1, -0.05) is 30.0 Å². The number of fused-ring (bicyclic) bond motifs is 1. The van der Waals surface area contributed by atoms with Crippen LogP contribution in [0.15, 0.2) is 53.8 Å². The molecule has 2 heterocycles. The highest BCUT2D eigenvalue weighted by Crippen LogP contribution is 2.34. The van der Waals surface area contributed by atoms with Crippen LogP contribution in [0, 0.1) is 0 Å². The van der Waals surface area contributed by atoms with Crippen molar-refractivity contribution in [1.29, 1.82) is 0 Å². The molecule has 1 aromatic heterocycles. The average molecular weight is 524 g/mol. The molecular weight excluding hydrogens is 490 g/mol. The van der Waals surface area contributed by atoms with Crippen molar-refractivity contribution < 1.29 is 14.3 Å². The summed E-state index contributed by atoms with van der Waals surface area (Å²) in [4.78, 5) is 27.7. The van der Waals surface area contributed by atoms with Gasteiger partial charge in [-0.05, 0) is 45.1 Å². The van der Waals surface area contributed by atoms with Crippen LogP contribution in [0.4, 0.5) is 16.3 Å². The van der Waals surface area contributed by atoms with E-state index in [0.717, 1.165) is 41.8 Å². The summed E-state index contributed by atoms with van der Waals surface area (Å²) in [6.07, 6.45) is 3.33. The van der Waals surface area contributed by atoms with Crippen molar-refractivity contribution in [1.82, 2.24) is 20.2 Å². The number of aliphatic imine (C=N–C) groups is 1. The molecular formula is C26H33N7O3S. The number of rotatable bonds is 11. The van der Waals surface area contributed by atoms with E-state index in [1.807, 2.05) is 56.6 Å². The molecule has 1 atom stereocenters. The number of benzene rings is 2. The van der Waals surface area contributed by atoms with Gasteiger partial charge < -0.3 is 25.0 Å². The zero-order valence-electron chi connectivity index (χ0n) is 21.4. The predicted octanol–water partition coefficient (Wildman–Crippen LogP) is 4.06. The number of carbonyl (C=O) groups excluding carboxylic acids is 1. The summed E-state index contributed by atoms with van der Waals surface area (Å²) < 4.78 is 11.5. The van der Waals surface area contributed by atoms with Gasteiger partial charge in [-0.2, -0.15) is 0 Å². The van der Waals surface area contributed by atoms with Crippen LogP contribution < -0.4 is 25.4 Å². The van der Waals surface area contributed by atoms with Crippen molar-refractivity contribution in [3.05, 3.63) is 48.8 Å². The largest absolute Gasteiger partial charge is 0.493 e. The molecule has 1 aliphatic rings. The summed E-state index contributed by atoms with van der Waals surface area (Å²) in [5, 5.41) is 10.8. The van der Waals surface area contributed by atoms with E-state index in [1.165, 1.54) is 0 Å². The first kappa shape index (κ1) is 26.5. The van der Waals surface area contributed by atoms with Crippen molar-refractivity contribution >= 4 is 45.4 Å². The van der Waals surface area contributed by atoms with E-state index in [2.05, 4.69) is 35.8 Å². The molecule has 3 aromatic rings. The fraction of sp³-hybridized carbons (Fsp3) is 0.385. The fourth-order valence-corrected chi connectivity index (χ4v) is 4.81.